The van der Waals surface area contributed by atoms with Gasteiger partial charge in [-0.05, 0) is 12.8 Å². The Morgan fingerprint density at radius 3 is 3.00 bits per heavy atom. The molecule has 0 aliphatic carbocycles. The molecule has 1 aliphatic rings. The molecule has 0 saturated carbocycles. The highest BCUT2D eigenvalue weighted by Gasteiger charge is 2.17. The van der Waals surface area contributed by atoms with Gasteiger partial charge in [0.25, 0.3) is 0 Å². The van der Waals surface area contributed by atoms with Crippen molar-refractivity contribution in [2.24, 2.45) is 4.99 Å². The maximum atomic E-state index is 4.48. The maximum Gasteiger partial charge on any atom is 0.156 e. The van der Waals surface area contributed by atoms with E-state index in [0.29, 0.717) is 6.04 Å². The van der Waals surface area contributed by atoms with Gasteiger partial charge in [-0.2, -0.15) is 0 Å². The fraction of sp³-hybridized carbons (Fsp3) is 0.889. The van der Waals surface area contributed by atoms with Crippen molar-refractivity contribution < 1.29 is 0 Å². The van der Waals surface area contributed by atoms with Gasteiger partial charge in [0.15, 0.2) is 5.17 Å². The highest BCUT2D eigenvalue weighted by atomic mass is 32.2. The van der Waals surface area contributed by atoms with Crippen LogP contribution in [0.5, 0.6) is 0 Å². The normalized spacial score (nSPS) is 26.2. The Labute approximate surface area is 79.2 Å². The number of rotatable bonds is 4. The minimum atomic E-state index is 0.662. The molecule has 0 radical (unpaired) electrons. The van der Waals surface area contributed by atoms with Crippen LogP contribution in [0.2, 0.25) is 0 Å². The zero-order valence-electron chi connectivity index (χ0n) is 7.97. The lowest BCUT2D eigenvalue weighted by Gasteiger charge is -2.04. The SMILES string of the molecule is CCCCN=C1NC(CC)CS1. The molecular weight excluding hydrogens is 168 g/mol. The molecule has 1 fully saturated rings. The third-order valence-electron chi connectivity index (χ3n) is 2.01. The van der Waals surface area contributed by atoms with E-state index in [9.17, 15) is 0 Å². The summed E-state index contributed by atoms with van der Waals surface area (Å²) >= 11 is 1.86. The Morgan fingerprint density at radius 2 is 2.42 bits per heavy atom. The first-order chi connectivity index (χ1) is 5.86. The van der Waals surface area contributed by atoms with Crippen LogP contribution in [0.3, 0.4) is 0 Å². The van der Waals surface area contributed by atoms with Gasteiger partial charge in [0.05, 0.1) is 0 Å². The first-order valence-electron chi connectivity index (χ1n) is 4.80. The number of nitrogens with one attached hydrogen (secondary N) is 1. The van der Waals surface area contributed by atoms with Crippen molar-refractivity contribution >= 4 is 16.9 Å². The summed E-state index contributed by atoms with van der Waals surface area (Å²) in [5.74, 6) is 1.20. The van der Waals surface area contributed by atoms with Crippen LogP contribution in [0.1, 0.15) is 33.1 Å². The van der Waals surface area contributed by atoms with Gasteiger partial charge in [-0.15, -0.1) is 0 Å². The summed E-state index contributed by atoms with van der Waals surface area (Å²) in [6.45, 7) is 5.40. The summed E-state index contributed by atoms with van der Waals surface area (Å²) in [6.07, 6.45) is 3.65. The van der Waals surface area contributed by atoms with Crippen molar-refractivity contribution in [3.8, 4) is 0 Å². The Balaban J connectivity index is 2.21. The van der Waals surface area contributed by atoms with Gasteiger partial charge >= 0.3 is 0 Å². The lowest BCUT2D eigenvalue weighted by Crippen LogP contribution is -2.25. The second-order valence-electron chi connectivity index (χ2n) is 3.10. The topological polar surface area (TPSA) is 24.4 Å². The molecule has 1 aliphatic heterocycles. The molecule has 0 aromatic carbocycles. The second kappa shape index (κ2) is 5.46. The first kappa shape index (κ1) is 9.90. The van der Waals surface area contributed by atoms with Gasteiger partial charge in [-0.3, -0.25) is 4.99 Å². The summed E-state index contributed by atoms with van der Waals surface area (Å²) in [5.41, 5.74) is 0. The highest BCUT2D eigenvalue weighted by molar-refractivity contribution is 8.14. The molecule has 70 valence electrons. The molecule has 0 bridgehead atoms. The zero-order valence-corrected chi connectivity index (χ0v) is 8.78. The molecule has 1 N–H and O–H groups in total. The number of hydrogen-bond donors (Lipinski definition) is 1. The van der Waals surface area contributed by atoms with Crippen LogP contribution in [-0.2, 0) is 0 Å². The number of aliphatic imine (C=N–C) groups is 1. The predicted molar refractivity (Wildman–Crippen MR) is 56.9 cm³/mol. The predicted octanol–water partition coefficient (Wildman–Crippen LogP) is 2.26. The number of thioether (sulfide) groups is 1. The maximum absolute atomic E-state index is 4.48. The average Bonchev–Trinajstić information content (AvgIpc) is 2.53. The van der Waals surface area contributed by atoms with Crippen LogP contribution in [0.25, 0.3) is 0 Å². The van der Waals surface area contributed by atoms with E-state index in [1.54, 1.807) is 0 Å². The Bertz CT molecular complexity index is 157. The van der Waals surface area contributed by atoms with Gasteiger partial charge in [0, 0.05) is 18.3 Å². The molecule has 0 amide bonds. The lowest BCUT2D eigenvalue weighted by atomic mass is 10.3. The second-order valence-corrected chi connectivity index (χ2v) is 4.11. The smallest absolute Gasteiger partial charge is 0.156 e. The fourth-order valence-electron chi connectivity index (χ4n) is 1.09. The average molecular weight is 186 g/mol. The van der Waals surface area contributed by atoms with Crippen LogP contribution in [0.4, 0.5) is 0 Å². The van der Waals surface area contributed by atoms with E-state index in [2.05, 4.69) is 24.2 Å². The summed E-state index contributed by atoms with van der Waals surface area (Å²) in [5, 5.41) is 4.57. The molecule has 0 aromatic rings. The summed E-state index contributed by atoms with van der Waals surface area (Å²) in [4.78, 5) is 4.48. The Hall–Kier alpha value is -0.180. The van der Waals surface area contributed by atoms with Crippen LogP contribution in [-0.4, -0.2) is 23.5 Å². The van der Waals surface area contributed by atoms with E-state index in [1.165, 1.54) is 25.0 Å². The number of hydrogen-bond acceptors (Lipinski definition) is 2. The lowest BCUT2D eigenvalue weighted by molar-refractivity contribution is 0.665. The van der Waals surface area contributed by atoms with Crippen molar-refractivity contribution in [3.05, 3.63) is 0 Å². The quantitative estimate of drug-likeness (QED) is 0.681. The molecule has 1 unspecified atom stereocenters. The number of nitrogens with zero attached hydrogens (tertiary/aromatic N) is 1. The molecule has 1 rings (SSSR count). The standard InChI is InChI=1S/C9H18N2S/c1-3-5-6-10-9-11-8(4-2)7-12-9/h8H,3-7H2,1-2H3,(H,10,11). The highest BCUT2D eigenvalue weighted by Crippen LogP contribution is 2.15. The summed E-state index contributed by atoms with van der Waals surface area (Å²) < 4.78 is 0. The van der Waals surface area contributed by atoms with E-state index in [4.69, 9.17) is 0 Å². The molecule has 2 nitrogen and oxygen atoms in total. The fourth-order valence-corrected chi connectivity index (χ4v) is 2.20. The van der Waals surface area contributed by atoms with E-state index in [0.717, 1.165) is 11.7 Å². The molecule has 1 heterocycles. The van der Waals surface area contributed by atoms with Gasteiger partial charge in [-0.1, -0.05) is 32.0 Å². The molecule has 12 heavy (non-hydrogen) atoms. The van der Waals surface area contributed by atoms with Gasteiger partial charge in [-0.25, -0.2) is 0 Å². The summed E-state index contributed by atoms with van der Waals surface area (Å²) in [6, 6.07) is 0.662. The third kappa shape index (κ3) is 3.05. The van der Waals surface area contributed by atoms with Gasteiger partial charge in [0.1, 0.15) is 0 Å². The van der Waals surface area contributed by atoms with Crippen LogP contribution in [0, 0.1) is 0 Å². The minimum Gasteiger partial charge on any atom is -0.361 e. The Kier molecular flexibility index (Phi) is 4.51. The van der Waals surface area contributed by atoms with Crippen molar-refractivity contribution in [3.63, 3.8) is 0 Å². The van der Waals surface area contributed by atoms with E-state index < -0.39 is 0 Å². The molecule has 0 aromatic heterocycles. The Morgan fingerprint density at radius 1 is 1.58 bits per heavy atom. The van der Waals surface area contributed by atoms with Crippen molar-refractivity contribution in [2.75, 3.05) is 12.3 Å². The number of unbranched alkanes of at least 4 members (excludes halogenated alkanes) is 1. The zero-order chi connectivity index (χ0) is 8.81. The van der Waals surface area contributed by atoms with Crippen LogP contribution < -0.4 is 5.32 Å². The van der Waals surface area contributed by atoms with Crippen LogP contribution in [0.15, 0.2) is 4.99 Å². The molecular formula is C9H18N2S. The molecule has 1 saturated heterocycles. The monoisotopic (exact) mass is 186 g/mol. The molecule has 3 heteroatoms. The minimum absolute atomic E-state index is 0.662. The van der Waals surface area contributed by atoms with E-state index >= 15 is 0 Å². The van der Waals surface area contributed by atoms with Crippen molar-refractivity contribution in [2.45, 2.75) is 39.2 Å². The third-order valence-corrected chi connectivity index (χ3v) is 3.10. The van der Waals surface area contributed by atoms with Crippen LogP contribution >= 0.6 is 11.8 Å². The van der Waals surface area contributed by atoms with E-state index in [-0.39, 0.29) is 0 Å². The molecule has 0 spiro atoms. The molecule has 1 atom stereocenters. The number of amidine groups is 1. The largest absolute Gasteiger partial charge is 0.361 e. The first-order valence-corrected chi connectivity index (χ1v) is 5.79. The van der Waals surface area contributed by atoms with Gasteiger partial charge < -0.3 is 5.32 Å². The van der Waals surface area contributed by atoms with Crippen molar-refractivity contribution in [1.29, 1.82) is 0 Å². The van der Waals surface area contributed by atoms with Crippen molar-refractivity contribution in [1.82, 2.24) is 5.32 Å². The van der Waals surface area contributed by atoms with E-state index in [1.807, 2.05) is 11.8 Å². The van der Waals surface area contributed by atoms with Gasteiger partial charge in [0.2, 0.25) is 0 Å². The summed E-state index contributed by atoms with van der Waals surface area (Å²) in [7, 11) is 0.